The molecule has 0 aromatic rings. The first-order chi connectivity index (χ1) is 36.2. The third-order valence-corrected chi connectivity index (χ3v) is 13.2. The number of ether oxygens (including phenoxy) is 3. The molecule has 1 fully saturated rings. The SMILES string of the molecule is CC/C=C/C/C=C/C/C=C/CCCCCCC(=O)OC1C(OCC(NC(=O)C(O)CCCC/C=C\C/C=C\C/C=C\C/C=C\CCCCC)C(O)/C=C/CCCCCCCCCCCCC)OC(CO)C(O)C1O. The third kappa shape index (κ3) is 38.2. The van der Waals surface area contributed by atoms with Crippen molar-refractivity contribution in [3.05, 3.63) is 97.2 Å². The van der Waals surface area contributed by atoms with Crippen LogP contribution in [0.1, 0.15) is 226 Å². The Hall–Kier alpha value is -3.42. The van der Waals surface area contributed by atoms with Crippen molar-refractivity contribution in [2.24, 2.45) is 0 Å². The van der Waals surface area contributed by atoms with Gasteiger partial charge in [0.1, 0.15) is 24.4 Å². The van der Waals surface area contributed by atoms with E-state index in [9.17, 15) is 35.1 Å². The van der Waals surface area contributed by atoms with Gasteiger partial charge in [-0.3, -0.25) is 9.59 Å². The highest BCUT2D eigenvalue weighted by Gasteiger charge is 2.47. The van der Waals surface area contributed by atoms with Gasteiger partial charge in [0, 0.05) is 6.42 Å². The Labute approximate surface area is 450 Å². The molecule has 11 nitrogen and oxygen atoms in total. The molecule has 1 aliphatic heterocycles. The predicted molar refractivity (Wildman–Crippen MR) is 305 cm³/mol. The summed E-state index contributed by atoms with van der Waals surface area (Å²) in [6.45, 7) is 5.60. The van der Waals surface area contributed by atoms with E-state index < -0.39 is 67.4 Å². The van der Waals surface area contributed by atoms with Gasteiger partial charge in [-0.15, -0.1) is 0 Å². The van der Waals surface area contributed by atoms with E-state index in [2.05, 4.69) is 111 Å². The number of carbonyl (C=O) groups is 2. The molecular formula is C63H107NO10. The summed E-state index contributed by atoms with van der Waals surface area (Å²) in [6.07, 6.45) is 55.9. The summed E-state index contributed by atoms with van der Waals surface area (Å²) in [5.74, 6) is -1.26. The van der Waals surface area contributed by atoms with Gasteiger partial charge in [-0.2, -0.15) is 0 Å². The first-order valence-corrected chi connectivity index (χ1v) is 29.5. The van der Waals surface area contributed by atoms with Gasteiger partial charge in [-0.25, -0.2) is 0 Å². The molecule has 1 aliphatic rings. The topological polar surface area (TPSA) is 175 Å². The van der Waals surface area contributed by atoms with E-state index in [0.717, 1.165) is 109 Å². The average Bonchev–Trinajstić information content (AvgIpc) is 3.40. The number of rotatable bonds is 48. The fourth-order valence-electron chi connectivity index (χ4n) is 8.53. The number of nitrogens with one attached hydrogen (secondary N) is 1. The summed E-state index contributed by atoms with van der Waals surface area (Å²) >= 11 is 0. The summed E-state index contributed by atoms with van der Waals surface area (Å²) in [7, 11) is 0. The fraction of sp³-hybridized carbons (Fsp3) is 0.714. The van der Waals surface area contributed by atoms with Crippen LogP contribution >= 0.6 is 0 Å². The van der Waals surface area contributed by atoms with Crippen molar-refractivity contribution in [1.29, 1.82) is 0 Å². The maximum Gasteiger partial charge on any atom is 0.306 e. The smallest absolute Gasteiger partial charge is 0.306 e. The van der Waals surface area contributed by atoms with Crippen LogP contribution in [0.25, 0.3) is 0 Å². The normalized spacial score (nSPS) is 20.0. The molecule has 74 heavy (non-hydrogen) atoms. The number of esters is 1. The van der Waals surface area contributed by atoms with Crippen molar-refractivity contribution >= 4 is 11.9 Å². The molecule has 424 valence electrons. The highest BCUT2D eigenvalue weighted by molar-refractivity contribution is 5.80. The predicted octanol–water partition coefficient (Wildman–Crippen LogP) is 13.6. The summed E-state index contributed by atoms with van der Waals surface area (Å²) in [4.78, 5) is 26.5. The molecule has 1 rings (SSSR count). The number of aliphatic hydroxyl groups excluding tert-OH is 5. The first kappa shape index (κ1) is 68.6. The lowest BCUT2D eigenvalue weighted by Crippen LogP contribution is -2.61. The Morgan fingerprint density at radius 3 is 1.49 bits per heavy atom. The number of hydrogen-bond acceptors (Lipinski definition) is 10. The van der Waals surface area contributed by atoms with Crippen LogP contribution in [-0.2, 0) is 23.8 Å². The van der Waals surface area contributed by atoms with Gasteiger partial charge in [0.15, 0.2) is 12.4 Å². The molecule has 1 amide bonds. The van der Waals surface area contributed by atoms with Crippen LogP contribution in [0, 0.1) is 0 Å². The standard InChI is InChI=1S/C63H107NO10/c1-4-7-10-13-16-19-22-25-27-28-29-30-32-35-38-41-44-47-50-56(67)62(71)64-54(55(66)49-46-43-40-37-34-31-24-21-18-15-12-9-6-3)53-72-63-61(60(70)59(69)57(52-65)73-63)74-58(68)51-48-45-42-39-36-33-26-23-20-17-14-11-8-5-2/h8,11,16-17,19-20,25-27,29-30,33,35,38,46,49,54-57,59-61,63,65-67,69-70H,4-7,9-10,12-15,18,21-24,28,31-32,34,36-37,39-45,47-48,50-53H2,1-3H3,(H,64,71)/b11-8+,19-16-,20-17+,27-25-,30-29-,33-26+,38-35-,49-46+. The fourth-order valence-corrected chi connectivity index (χ4v) is 8.53. The molecule has 0 spiro atoms. The maximum absolute atomic E-state index is 13.4. The van der Waals surface area contributed by atoms with Gasteiger partial charge in [-0.05, 0) is 103 Å². The largest absolute Gasteiger partial charge is 0.454 e. The molecular weight excluding hydrogens is 931 g/mol. The molecule has 0 bridgehead atoms. The highest BCUT2D eigenvalue weighted by Crippen LogP contribution is 2.26. The van der Waals surface area contributed by atoms with Crippen molar-refractivity contribution in [2.75, 3.05) is 13.2 Å². The Kier molecular flexibility index (Phi) is 46.7. The summed E-state index contributed by atoms with van der Waals surface area (Å²) in [5, 5.41) is 56.8. The van der Waals surface area contributed by atoms with Crippen molar-refractivity contribution in [3.8, 4) is 0 Å². The minimum Gasteiger partial charge on any atom is -0.454 e. The average molecular weight is 1040 g/mol. The molecule has 0 aliphatic carbocycles. The van der Waals surface area contributed by atoms with Crippen molar-refractivity contribution in [3.63, 3.8) is 0 Å². The lowest BCUT2D eigenvalue weighted by molar-refractivity contribution is -0.305. The van der Waals surface area contributed by atoms with E-state index in [0.29, 0.717) is 12.8 Å². The van der Waals surface area contributed by atoms with E-state index >= 15 is 0 Å². The lowest BCUT2D eigenvalue weighted by atomic mass is 9.99. The minimum absolute atomic E-state index is 0.0886. The Balaban J connectivity index is 2.78. The summed E-state index contributed by atoms with van der Waals surface area (Å²) < 4.78 is 17.5. The van der Waals surface area contributed by atoms with Crippen molar-refractivity contribution in [1.82, 2.24) is 5.32 Å². The lowest BCUT2D eigenvalue weighted by Gasteiger charge is -2.41. The molecule has 11 heteroatoms. The van der Waals surface area contributed by atoms with Gasteiger partial charge in [0.25, 0.3) is 0 Å². The number of amides is 1. The first-order valence-electron chi connectivity index (χ1n) is 29.5. The summed E-state index contributed by atoms with van der Waals surface area (Å²) in [6, 6.07) is -1.05. The van der Waals surface area contributed by atoms with Crippen LogP contribution in [-0.4, -0.2) is 99.6 Å². The second-order valence-corrected chi connectivity index (χ2v) is 20.0. The minimum atomic E-state index is -1.63. The van der Waals surface area contributed by atoms with Crippen LogP contribution in [0.15, 0.2) is 97.2 Å². The van der Waals surface area contributed by atoms with Gasteiger partial charge in [-0.1, -0.05) is 214 Å². The number of carbonyl (C=O) groups excluding carboxylic acids is 2. The molecule has 1 heterocycles. The quantitative estimate of drug-likeness (QED) is 0.0195. The number of unbranched alkanes of at least 4 members (excludes halogenated alkanes) is 20. The second kappa shape index (κ2) is 50.4. The van der Waals surface area contributed by atoms with Crippen LogP contribution in [0.3, 0.4) is 0 Å². The maximum atomic E-state index is 13.4. The molecule has 6 N–H and O–H groups in total. The molecule has 0 radical (unpaired) electrons. The van der Waals surface area contributed by atoms with E-state index in [1.807, 2.05) is 6.08 Å². The number of hydrogen-bond donors (Lipinski definition) is 6. The van der Waals surface area contributed by atoms with Crippen molar-refractivity contribution < 1.29 is 49.3 Å². The zero-order valence-electron chi connectivity index (χ0n) is 46.7. The molecule has 0 aromatic heterocycles. The molecule has 1 saturated heterocycles. The Bertz CT molecular complexity index is 1570. The van der Waals surface area contributed by atoms with Crippen LogP contribution in [0.2, 0.25) is 0 Å². The van der Waals surface area contributed by atoms with Crippen molar-refractivity contribution in [2.45, 2.75) is 275 Å². The van der Waals surface area contributed by atoms with Gasteiger partial charge in [0.2, 0.25) is 5.91 Å². The Morgan fingerprint density at radius 2 is 0.973 bits per heavy atom. The second-order valence-electron chi connectivity index (χ2n) is 20.0. The van der Waals surface area contributed by atoms with Crippen LogP contribution in [0.4, 0.5) is 0 Å². The number of aliphatic hydroxyl groups is 5. The third-order valence-electron chi connectivity index (χ3n) is 13.2. The monoisotopic (exact) mass is 1040 g/mol. The molecule has 8 atom stereocenters. The summed E-state index contributed by atoms with van der Waals surface area (Å²) in [5.41, 5.74) is 0. The van der Waals surface area contributed by atoms with E-state index in [1.165, 1.54) is 70.6 Å². The van der Waals surface area contributed by atoms with E-state index in [-0.39, 0.29) is 19.4 Å². The van der Waals surface area contributed by atoms with Crippen LogP contribution < -0.4 is 5.32 Å². The molecule has 8 unspecified atom stereocenters. The van der Waals surface area contributed by atoms with Gasteiger partial charge in [0.05, 0.1) is 25.4 Å². The van der Waals surface area contributed by atoms with Gasteiger partial charge < -0.3 is 45.1 Å². The van der Waals surface area contributed by atoms with E-state index in [4.69, 9.17) is 14.2 Å². The molecule has 0 saturated carbocycles. The zero-order valence-corrected chi connectivity index (χ0v) is 46.7. The van der Waals surface area contributed by atoms with Crippen LogP contribution in [0.5, 0.6) is 0 Å². The van der Waals surface area contributed by atoms with Gasteiger partial charge >= 0.3 is 5.97 Å². The number of allylic oxidation sites excluding steroid dienone is 15. The van der Waals surface area contributed by atoms with E-state index in [1.54, 1.807) is 6.08 Å². The zero-order chi connectivity index (χ0) is 54.0. The highest BCUT2D eigenvalue weighted by atomic mass is 16.7. The Morgan fingerprint density at radius 1 is 0.541 bits per heavy atom. The molecule has 0 aromatic carbocycles.